The maximum absolute atomic E-state index is 11.1. The van der Waals surface area contributed by atoms with Crippen LogP contribution in [0, 0.1) is 10.1 Å². The van der Waals surface area contributed by atoms with Gasteiger partial charge in [-0.25, -0.2) is 4.98 Å². The Morgan fingerprint density at radius 1 is 1.12 bits per heavy atom. The van der Waals surface area contributed by atoms with Crippen LogP contribution < -0.4 is 4.90 Å². The van der Waals surface area contributed by atoms with E-state index in [1.807, 2.05) is 18.2 Å². The summed E-state index contributed by atoms with van der Waals surface area (Å²) >= 11 is 6.65. The zero-order valence-corrected chi connectivity index (χ0v) is 14.5. The lowest BCUT2D eigenvalue weighted by molar-refractivity contribution is -0.388. The summed E-state index contributed by atoms with van der Waals surface area (Å²) in [7, 11) is 0. The van der Waals surface area contributed by atoms with E-state index in [0.29, 0.717) is 9.35 Å². The molecular weight excluding hydrogens is 344 g/mol. The Morgan fingerprint density at radius 3 is 2.50 bits per heavy atom. The van der Waals surface area contributed by atoms with Crippen LogP contribution in [0.5, 0.6) is 0 Å². The van der Waals surface area contributed by atoms with E-state index < -0.39 is 4.92 Å². The van der Waals surface area contributed by atoms with Crippen LogP contribution in [0.4, 0.5) is 11.4 Å². The third-order valence-electron chi connectivity index (χ3n) is 3.79. The van der Waals surface area contributed by atoms with Crippen LogP contribution in [0.3, 0.4) is 0 Å². The van der Waals surface area contributed by atoms with Crippen LogP contribution in [-0.4, -0.2) is 45.3 Å². The van der Waals surface area contributed by atoms with E-state index in [9.17, 15) is 10.1 Å². The number of piperazine rings is 1. The van der Waals surface area contributed by atoms with Crippen molar-refractivity contribution in [2.75, 3.05) is 31.1 Å². The largest absolute Gasteiger partial charge is 0.368 e. The molecule has 0 bridgehead atoms. The monoisotopic (exact) mass is 360 g/mol. The summed E-state index contributed by atoms with van der Waals surface area (Å²) in [6, 6.07) is 13.3. The summed E-state index contributed by atoms with van der Waals surface area (Å²) in [5.74, 6) is 0. The van der Waals surface area contributed by atoms with Gasteiger partial charge in [0, 0.05) is 44.1 Å². The van der Waals surface area contributed by atoms with Crippen molar-refractivity contribution < 1.29 is 4.92 Å². The minimum atomic E-state index is -0.425. The fourth-order valence-corrected chi connectivity index (χ4v) is 3.79. The number of rotatable bonds is 3. The van der Waals surface area contributed by atoms with Crippen molar-refractivity contribution in [3.8, 4) is 0 Å². The van der Waals surface area contributed by atoms with Gasteiger partial charge in [0.1, 0.15) is 4.32 Å². The van der Waals surface area contributed by atoms with Gasteiger partial charge in [-0.1, -0.05) is 30.4 Å². The third-order valence-corrected chi connectivity index (χ3v) is 5.24. The molecule has 1 aromatic heterocycles. The zero-order chi connectivity index (χ0) is 16.9. The first-order chi connectivity index (χ1) is 11.6. The predicted octanol–water partition coefficient (Wildman–Crippen LogP) is 3.19. The SMILES string of the molecule is O=[N+]([O-])c1cccnc1SC(=S)N1CCN(c2ccccc2)CC1. The molecule has 1 fully saturated rings. The van der Waals surface area contributed by atoms with Crippen LogP contribution in [0.1, 0.15) is 0 Å². The summed E-state index contributed by atoms with van der Waals surface area (Å²) in [5.41, 5.74) is 1.20. The highest BCUT2D eigenvalue weighted by Gasteiger charge is 2.23. The quantitative estimate of drug-likeness (QED) is 0.360. The number of thiocarbonyl (C=S) groups is 1. The minimum Gasteiger partial charge on any atom is -0.368 e. The van der Waals surface area contributed by atoms with Gasteiger partial charge < -0.3 is 9.80 Å². The summed E-state index contributed by atoms with van der Waals surface area (Å²) in [5, 5.41) is 11.4. The minimum absolute atomic E-state index is 0.00669. The lowest BCUT2D eigenvalue weighted by atomic mass is 10.2. The molecule has 8 heteroatoms. The van der Waals surface area contributed by atoms with Crippen molar-refractivity contribution in [2.45, 2.75) is 5.03 Å². The smallest absolute Gasteiger partial charge is 0.301 e. The highest BCUT2D eigenvalue weighted by molar-refractivity contribution is 8.22. The number of thioether (sulfide) groups is 1. The summed E-state index contributed by atoms with van der Waals surface area (Å²) in [6.45, 7) is 3.33. The highest BCUT2D eigenvalue weighted by atomic mass is 32.2. The van der Waals surface area contributed by atoms with Crippen molar-refractivity contribution in [3.05, 3.63) is 58.8 Å². The Hall–Kier alpha value is -2.19. The van der Waals surface area contributed by atoms with Crippen molar-refractivity contribution in [3.63, 3.8) is 0 Å². The fourth-order valence-electron chi connectivity index (χ4n) is 2.53. The summed E-state index contributed by atoms with van der Waals surface area (Å²) < 4.78 is 0.629. The van der Waals surface area contributed by atoms with Crippen LogP contribution in [0.2, 0.25) is 0 Å². The molecule has 0 atom stereocenters. The lowest BCUT2D eigenvalue weighted by Crippen LogP contribution is -2.47. The van der Waals surface area contributed by atoms with Crippen molar-refractivity contribution in [1.29, 1.82) is 0 Å². The Labute approximate surface area is 149 Å². The Bertz CT molecular complexity index is 734. The normalized spacial score (nSPS) is 14.5. The molecule has 0 saturated carbocycles. The number of para-hydroxylation sites is 1. The number of anilines is 1. The van der Waals surface area contributed by atoms with Crippen molar-refractivity contribution >= 4 is 39.7 Å². The van der Waals surface area contributed by atoms with Gasteiger partial charge in [0.05, 0.1) is 4.92 Å². The first kappa shape index (κ1) is 16.7. The number of nitro groups is 1. The van der Waals surface area contributed by atoms with Gasteiger partial charge in [0.25, 0.3) is 0 Å². The van der Waals surface area contributed by atoms with Crippen LogP contribution in [-0.2, 0) is 0 Å². The van der Waals surface area contributed by atoms with Gasteiger partial charge >= 0.3 is 5.69 Å². The highest BCUT2D eigenvalue weighted by Crippen LogP contribution is 2.29. The second-order valence-corrected chi connectivity index (χ2v) is 6.89. The van der Waals surface area contributed by atoms with E-state index in [4.69, 9.17) is 12.2 Å². The average Bonchev–Trinajstić information content (AvgIpc) is 2.63. The molecule has 0 amide bonds. The van der Waals surface area contributed by atoms with E-state index in [0.717, 1.165) is 26.2 Å². The Morgan fingerprint density at radius 2 is 1.83 bits per heavy atom. The van der Waals surface area contributed by atoms with Gasteiger partial charge in [0.15, 0.2) is 5.03 Å². The molecule has 1 aliphatic rings. The van der Waals surface area contributed by atoms with Gasteiger partial charge in [-0.15, -0.1) is 0 Å². The second kappa shape index (κ2) is 7.59. The van der Waals surface area contributed by atoms with Crippen LogP contribution in [0.15, 0.2) is 53.7 Å². The number of nitrogens with zero attached hydrogens (tertiary/aromatic N) is 4. The zero-order valence-electron chi connectivity index (χ0n) is 12.9. The molecular formula is C16H16N4O2S2. The van der Waals surface area contributed by atoms with Crippen molar-refractivity contribution in [1.82, 2.24) is 9.88 Å². The van der Waals surface area contributed by atoms with Crippen molar-refractivity contribution in [2.24, 2.45) is 0 Å². The second-order valence-electron chi connectivity index (χ2n) is 5.26. The first-order valence-electron chi connectivity index (χ1n) is 7.51. The molecule has 0 aliphatic carbocycles. The van der Waals surface area contributed by atoms with E-state index in [2.05, 4.69) is 26.9 Å². The molecule has 1 aliphatic heterocycles. The number of benzene rings is 1. The maximum Gasteiger partial charge on any atom is 0.301 e. The summed E-state index contributed by atoms with van der Waals surface area (Å²) in [4.78, 5) is 19.1. The third kappa shape index (κ3) is 3.82. The molecule has 0 unspecified atom stereocenters. The Balaban J connectivity index is 1.61. The molecule has 0 N–H and O–H groups in total. The van der Waals surface area contributed by atoms with Crippen LogP contribution in [0.25, 0.3) is 0 Å². The molecule has 124 valence electrons. The van der Waals surface area contributed by atoms with Crippen LogP contribution >= 0.6 is 24.0 Å². The lowest BCUT2D eigenvalue weighted by Gasteiger charge is -2.37. The standard InChI is InChI=1S/C16H16N4O2S2/c21-20(22)14-7-4-8-17-15(14)24-16(23)19-11-9-18(10-12-19)13-5-2-1-3-6-13/h1-8H,9-12H2. The molecule has 1 aromatic carbocycles. The molecule has 2 aromatic rings. The number of aromatic nitrogens is 1. The van der Waals surface area contributed by atoms with Gasteiger partial charge in [-0.05, 0) is 30.0 Å². The molecule has 0 radical (unpaired) electrons. The van der Waals surface area contributed by atoms with Gasteiger partial charge in [-0.2, -0.15) is 0 Å². The average molecular weight is 360 g/mol. The Kier molecular flexibility index (Phi) is 5.27. The van der Waals surface area contributed by atoms with E-state index in [1.54, 1.807) is 12.3 Å². The van der Waals surface area contributed by atoms with E-state index in [-0.39, 0.29) is 5.69 Å². The number of hydrogen-bond donors (Lipinski definition) is 0. The van der Waals surface area contributed by atoms with E-state index >= 15 is 0 Å². The summed E-state index contributed by atoms with van der Waals surface area (Å²) in [6.07, 6.45) is 1.55. The topological polar surface area (TPSA) is 62.5 Å². The molecule has 6 nitrogen and oxygen atoms in total. The maximum atomic E-state index is 11.1. The van der Waals surface area contributed by atoms with Gasteiger partial charge in [-0.3, -0.25) is 10.1 Å². The molecule has 2 heterocycles. The van der Waals surface area contributed by atoms with Gasteiger partial charge in [0.2, 0.25) is 0 Å². The number of hydrogen-bond acceptors (Lipinski definition) is 6. The molecule has 3 rings (SSSR count). The fraction of sp³-hybridized carbons (Fsp3) is 0.250. The first-order valence-corrected chi connectivity index (χ1v) is 8.74. The number of pyridine rings is 1. The van der Waals surface area contributed by atoms with E-state index in [1.165, 1.54) is 23.5 Å². The molecule has 1 saturated heterocycles. The predicted molar refractivity (Wildman–Crippen MR) is 99.6 cm³/mol. The molecule has 24 heavy (non-hydrogen) atoms. The molecule has 0 spiro atoms.